The molecular formula is C15H28O3. The number of unbranched alkanes of at least 4 members (excludes halogenated alkanes) is 5. The quantitative estimate of drug-likeness (QED) is 0.462. The second-order valence-electron chi connectivity index (χ2n) is 5.91. The van der Waals surface area contributed by atoms with Crippen LogP contribution in [0.2, 0.25) is 0 Å². The van der Waals surface area contributed by atoms with Gasteiger partial charge in [-0.25, -0.2) is 0 Å². The maximum absolute atomic E-state index is 11.4. The lowest BCUT2D eigenvalue weighted by molar-refractivity contribution is -0.154. The number of hydrogen-bond donors (Lipinski definition) is 0. The van der Waals surface area contributed by atoms with Crippen molar-refractivity contribution in [2.75, 3.05) is 0 Å². The van der Waals surface area contributed by atoms with Crippen LogP contribution in [-0.4, -0.2) is 17.4 Å². The molecule has 0 aromatic rings. The Morgan fingerprint density at radius 3 is 1.72 bits per heavy atom. The molecule has 0 amide bonds. The van der Waals surface area contributed by atoms with Crippen LogP contribution in [0.5, 0.6) is 0 Å². The number of carbonyl (C=O) groups excluding carboxylic acids is 2. The Kier molecular flexibility index (Phi) is 8.69. The Bertz CT molecular complexity index is 251. The highest BCUT2D eigenvalue weighted by molar-refractivity contribution is 5.75. The number of Topliss-reactive ketones (excluding diaryl/α,β-unsaturated/α-hetero) is 1. The maximum Gasteiger partial charge on any atom is 0.306 e. The first-order valence-electron chi connectivity index (χ1n) is 7.02. The van der Waals surface area contributed by atoms with Crippen molar-refractivity contribution in [1.82, 2.24) is 0 Å². The Hall–Kier alpha value is -0.860. The number of carbonyl (C=O) groups is 2. The third-order valence-electron chi connectivity index (χ3n) is 2.58. The number of rotatable bonds is 9. The molecule has 0 aliphatic heterocycles. The lowest BCUT2D eigenvalue weighted by atomic mass is 10.1. The van der Waals surface area contributed by atoms with Crippen molar-refractivity contribution in [2.45, 2.75) is 84.7 Å². The van der Waals surface area contributed by atoms with E-state index in [1.807, 2.05) is 20.8 Å². The van der Waals surface area contributed by atoms with Gasteiger partial charge in [0, 0.05) is 12.8 Å². The van der Waals surface area contributed by atoms with E-state index in [-0.39, 0.29) is 17.4 Å². The van der Waals surface area contributed by atoms with E-state index in [4.69, 9.17) is 4.74 Å². The average Bonchev–Trinajstić information content (AvgIpc) is 2.18. The van der Waals surface area contributed by atoms with Crippen molar-refractivity contribution in [3.05, 3.63) is 0 Å². The molecule has 0 fully saturated rings. The van der Waals surface area contributed by atoms with E-state index in [2.05, 4.69) is 0 Å². The van der Waals surface area contributed by atoms with Crippen LogP contribution >= 0.6 is 0 Å². The molecule has 0 radical (unpaired) electrons. The van der Waals surface area contributed by atoms with Gasteiger partial charge in [-0.15, -0.1) is 0 Å². The van der Waals surface area contributed by atoms with Crippen LogP contribution in [0.1, 0.15) is 79.1 Å². The molecule has 3 nitrogen and oxygen atoms in total. The van der Waals surface area contributed by atoms with Crippen molar-refractivity contribution in [3.63, 3.8) is 0 Å². The number of esters is 1. The lowest BCUT2D eigenvalue weighted by Crippen LogP contribution is -2.23. The van der Waals surface area contributed by atoms with E-state index in [0.717, 1.165) is 38.5 Å². The highest BCUT2D eigenvalue weighted by atomic mass is 16.6. The SMILES string of the molecule is CC(=O)CCCCCCCCC(=O)OC(C)(C)C. The summed E-state index contributed by atoms with van der Waals surface area (Å²) >= 11 is 0. The molecular weight excluding hydrogens is 228 g/mol. The molecule has 106 valence electrons. The van der Waals surface area contributed by atoms with Crippen LogP contribution in [0.15, 0.2) is 0 Å². The van der Waals surface area contributed by atoms with Crippen LogP contribution in [0, 0.1) is 0 Å². The van der Waals surface area contributed by atoms with Gasteiger partial charge in [0.15, 0.2) is 0 Å². The summed E-state index contributed by atoms with van der Waals surface area (Å²) in [6, 6.07) is 0. The van der Waals surface area contributed by atoms with Crippen molar-refractivity contribution < 1.29 is 14.3 Å². The summed E-state index contributed by atoms with van der Waals surface area (Å²) < 4.78 is 5.23. The zero-order chi connectivity index (χ0) is 14.0. The van der Waals surface area contributed by atoms with Crippen molar-refractivity contribution in [2.24, 2.45) is 0 Å². The summed E-state index contributed by atoms with van der Waals surface area (Å²) in [7, 11) is 0. The van der Waals surface area contributed by atoms with Crippen LogP contribution in [0.25, 0.3) is 0 Å². The van der Waals surface area contributed by atoms with Crippen LogP contribution < -0.4 is 0 Å². The van der Waals surface area contributed by atoms with E-state index in [1.54, 1.807) is 6.92 Å². The maximum atomic E-state index is 11.4. The Labute approximate surface area is 111 Å². The fraction of sp³-hybridized carbons (Fsp3) is 0.867. The Morgan fingerprint density at radius 1 is 0.833 bits per heavy atom. The van der Waals surface area contributed by atoms with Crippen LogP contribution in [0.4, 0.5) is 0 Å². The van der Waals surface area contributed by atoms with Crippen molar-refractivity contribution in [3.8, 4) is 0 Å². The first-order valence-corrected chi connectivity index (χ1v) is 7.02. The molecule has 0 spiro atoms. The fourth-order valence-corrected chi connectivity index (χ4v) is 1.74. The Morgan fingerprint density at radius 2 is 1.28 bits per heavy atom. The molecule has 0 heterocycles. The summed E-state index contributed by atoms with van der Waals surface area (Å²) in [6.07, 6.45) is 7.61. The van der Waals surface area contributed by atoms with Gasteiger partial charge in [0.25, 0.3) is 0 Å². The first-order chi connectivity index (χ1) is 8.31. The number of hydrogen-bond acceptors (Lipinski definition) is 3. The first kappa shape index (κ1) is 17.1. The normalized spacial score (nSPS) is 11.3. The van der Waals surface area contributed by atoms with Gasteiger partial charge in [0.1, 0.15) is 11.4 Å². The number of ether oxygens (including phenoxy) is 1. The van der Waals surface area contributed by atoms with Gasteiger partial charge in [0.2, 0.25) is 0 Å². The predicted octanol–water partition coefficient (Wildman–Crippen LogP) is 4.04. The van der Waals surface area contributed by atoms with Crippen molar-refractivity contribution in [1.29, 1.82) is 0 Å². The lowest BCUT2D eigenvalue weighted by Gasteiger charge is -2.19. The molecule has 0 aromatic carbocycles. The molecule has 0 aromatic heterocycles. The van der Waals surface area contributed by atoms with Gasteiger partial charge in [-0.1, -0.05) is 25.7 Å². The van der Waals surface area contributed by atoms with Crippen molar-refractivity contribution >= 4 is 11.8 Å². The third kappa shape index (κ3) is 13.2. The minimum absolute atomic E-state index is 0.0981. The van der Waals surface area contributed by atoms with Gasteiger partial charge in [0.05, 0.1) is 0 Å². The van der Waals surface area contributed by atoms with E-state index in [0.29, 0.717) is 12.8 Å². The molecule has 0 saturated carbocycles. The highest BCUT2D eigenvalue weighted by Crippen LogP contribution is 2.12. The molecule has 0 N–H and O–H groups in total. The van der Waals surface area contributed by atoms with Gasteiger partial charge >= 0.3 is 5.97 Å². The minimum atomic E-state index is -0.371. The zero-order valence-corrected chi connectivity index (χ0v) is 12.4. The smallest absolute Gasteiger partial charge is 0.306 e. The van der Waals surface area contributed by atoms with Crippen LogP contribution in [-0.2, 0) is 14.3 Å². The second-order valence-corrected chi connectivity index (χ2v) is 5.91. The van der Waals surface area contributed by atoms with Gasteiger partial charge in [-0.05, 0) is 40.5 Å². The topological polar surface area (TPSA) is 43.4 Å². The standard InChI is InChI=1S/C15H28O3/c1-13(16)11-9-7-5-6-8-10-12-14(17)18-15(2,3)4/h5-12H2,1-4H3. The van der Waals surface area contributed by atoms with Gasteiger partial charge < -0.3 is 9.53 Å². The molecule has 0 bridgehead atoms. The molecule has 0 aliphatic rings. The number of ketones is 1. The van der Waals surface area contributed by atoms with E-state index in [9.17, 15) is 9.59 Å². The Balaban J connectivity index is 3.30. The monoisotopic (exact) mass is 256 g/mol. The summed E-state index contributed by atoms with van der Waals surface area (Å²) in [5.41, 5.74) is -0.371. The van der Waals surface area contributed by atoms with E-state index < -0.39 is 0 Å². The van der Waals surface area contributed by atoms with Crippen LogP contribution in [0.3, 0.4) is 0 Å². The minimum Gasteiger partial charge on any atom is -0.460 e. The van der Waals surface area contributed by atoms with Gasteiger partial charge in [-0.3, -0.25) is 4.79 Å². The molecule has 0 aliphatic carbocycles. The third-order valence-corrected chi connectivity index (χ3v) is 2.58. The zero-order valence-electron chi connectivity index (χ0n) is 12.4. The second kappa shape index (κ2) is 9.12. The molecule has 0 unspecified atom stereocenters. The van der Waals surface area contributed by atoms with E-state index >= 15 is 0 Å². The largest absolute Gasteiger partial charge is 0.460 e. The molecule has 3 heteroatoms. The summed E-state index contributed by atoms with van der Waals surface area (Å²) in [5.74, 6) is 0.180. The fourth-order valence-electron chi connectivity index (χ4n) is 1.74. The molecule has 0 saturated heterocycles. The summed E-state index contributed by atoms with van der Waals surface area (Å²) in [4.78, 5) is 22.1. The summed E-state index contributed by atoms with van der Waals surface area (Å²) in [6.45, 7) is 7.31. The summed E-state index contributed by atoms with van der Waals surface area (Å²) in [5, 5.41) is 0. The average molecular weight is 256 g/mol. The highest BCUT2D eigenvalue weighted by Gasteiger charge is 2.15. The predicted molar refractivity (Wildman–Crippen MR) is 73.5 cm³/mol. The van der Waals surface area contributed by atoms with Gasteiger partial charge in [-0.2, -0.15) is 0 Å². The molecule has 0 atom stereocenters. The van der Waals surface area contributed by atoms with E-state index in [1.165, 1.54) is 0 Å². The molecule has 18 heavy (non-hydrogen) atoms. The molecule has 0 rings (SSSR count).